The number of alkyl halides is 3. The van der Waals surface area contributed by atoms with Gasteiger partial charge in [0, 0.05) is 30.9 Å². The summed E-state index contributed by atoms with van der Waals surface area (Å²) in [5, 5.41) is 6.24. The zero-order chi connectivity index (χ0) is 36.0. The number of fused-ring (bicyclic) bond motifs is 2. The maximum absolute atomic E-state index is 13.1. The Balaban J connectivity index is 1.94. The van der Waals surface area contributed by atoms with Gasteiger partial charge in [0.15, 0.2) is 6.61 Å². The topological polar surface area (TPSA) is 135 Å². The first-order valence-corrected chi connectivity index (χ1v) is 15.5. The lowest BCUT2D eigenvalue weighted by Crippen LogP contribution is -2.43. The SMILES string of the molecule is C=N/C(=N\C1=N/Cc2ccc(c(Cl)c2)OCCCN(C/C(OC)=C(\C)OC=O)CC(C)(C)CNC(=O)c2ccc(cc2)N1)OCC(F)(F)F. The molecule has 0 saturated heterocycles. The molecule has 0 aliphatic carbocycles. The van der Waals surface area contributed by atoms with E-state index in [1.807, 2.05) is 13.8 Å². The van der Waals surface area contributed by atoms with E-state index in [2.05, 4.69) is 42.0 Å². The molecule has 3 heterocycles. The number of amidine groups is 1. The van der Waals surface area contributed by atoms with Crippen molar-refractivity contribution >= 4 is 48.4 Å². The molecule has 16 heteroatoms. The number of aliphatic imine (C=N–C) groups is 3. The summed E-state index contributed by atoms with van der Waals surface area (Å²) in [5.41, 5.74) is 1.07. The van der Waals surface area contributed by atoms with E-state index >= 15 is 0 Å². The van der Waals surface area contributed by atoms with Crippen molar-refractivity contribution in [2.45, 2.75) is 39.9 Å². The average Bonchev–Trinajstić information content (AvgIpc) is 3.05. The predicted octanol–water partition coefficient (Wildman–Crippen LogP) is 5.84. The summed E-state index contributed by atoms with van der Waals surface area (Å²) in [6.45, 7) is 9.81. The lowest BCUT2D eigenvalue weighted by atomic mass is 9.92. The van der Waals surface area contributed by atoms with Gasteiger partial charge in [0.1, 0.15) is 17.3 Å². The van der Waals surface area contributed by atoms with Gasteiger partial charge in [0.05, 0.1) is 31.8 Å². The summed E-state index contributed by atoms with van der Waals surface area (Å²) >= 11 is 6.52. The second kappa shape index (κ2) is 18.2. The molecule has 266 valence electrons. The third kappa shape index (κ3) is 13.4. The quantitative estimate of drug-likeness (QED) is 0.166. The van der Waals surface area contributed by atoms with Gasteiger partial charge < -0.3 is 29.6 Å². The van der Waals surface area contributed by atoms with Gasteiger partial charge in [-0.05, 0) is 67.4 Å². The maximum Gasteiger partial charge on any atom is 0.422 e. The molecule has 5 rings (SSSR count). The highest BCUT2D eigenvalue weighted by Crippen LogP contribution is 2.27. The molecule has 4 bridgehead atoms. The molecule has 0 saturated carbocycles. The van der Waals surface area contributed by atoms with Crippen LogP contribution in [0.1, 0.15) is 43.1 Å². The third-order valence-corrected chi connectivity index (χ3v) is 7.29. The molecule has 0 unspecified atom stereocenters. The Bertz CT molecular complexity index is 1550. The molecule has 2 aromatic rings. The molecule has 0 atom stereocenters. The smallest absolute Gasteiger partial charge is 0.422 e. The number of hydrogen-bond donors (Lipinski definition) is 2. The van der Waals surface area contributed by atoms with Gasteiger partial charge in [0.25, 0.3) is 12.4 Å². The second-order valence-corrected chi connectivity index (χ2v) is 12.1. The van der Waals surface area contributed by atoms with Crippen molar-refractivity contribution in [2.75, 3.05) is 51.8 Å². The maximum atomic E-state index is 13.1. The van der Waals surface area contributed by atoms with E-state index in [1.165, 1.54) is 7.11 Å². The second-order valence-electron chi connectivity index (χ2n) is 11.7. The molecular weight excluding hydrogens is 669 g/mol. The number of amides is 1. The van der Waals surface area contributed by atoms with Gasteiger partial charge in [-0.1, -0.05) is 31.5 Å². The van der Waals surface area contributed by atoms with E-state index in [1.54, 1.807) is 49.4 Å². The third-order valence-electron chi connectivity index (χ3n) is 7.00. The van der Waals surface area contributed by atoms with E-state index in [0.29, 0.717) is 84.8 Å². The normalized spacial score (nSPS) is 18.2. The molecule has 49 heavy (non-hydrogen) atoms. The molecule has 0 spiro atoms. The number of nitrogens with zero attached hydrogens (tertiary/aromatic N) is 4. The van der Waals surface area contributed by atoms with Crippen molar-refractivity contribution in [3.8, 4) is 5.75 Å². The van der Waals surface area contributed by atoms with E-state index in [9.17, 15) is 22.8 Å². The van der Waals surface area contributed by atoms with Crippen molar-refractivity contribution in [3.05, 3.63) is 70.1 Å². The van der Waals surface area contributed by atoms with Crippen LogP contribution in [-0.4, -0.2) is 88.7 Å². The molecule has 2 N–H and O–H groups in total. The summed E-state index contributed by atoms with van der Waals surface area (Å²) in [5.74, 6) is 0.864. The zero-order valence-corrected chi connectivity index (χ0v) is 28.5. The number of hydrogen-bond acceptors (Lipinski definition) is 10. The largest absolute Gasteiger partial charge is 0.496 e. The number of methoxy groups -OCH3 is 1. The fraction of sp³-hybridized carbons (Fsp3) is 0.424. The number of rotatable bonds is 6. The molecule has 3 aliphatic rings. The number of nitrogens with one attached hydrogen (secondary N) is 2. The average molecular weight is 709 g/mol. The van der Waals surface area contributed by atoms with Crippen LogP contribution in [0.5, 0.6) is 5.75 Å². The Labute approximate surface area is 288 Å². The van der Waals surface area contributed by atoms with Crippen LogP contribution in [0.2, 0.25) is 5.02 Å². The number of halogens is 4. The molecule has 12 nitrogen and oxygen atoms in total. The summed E-state index contributed by atoms with van der Waals surface area (Å²) in [7, 11) is 1.51. The lowest BCUT2D eigenvalue weighted by Gasteiger charge is -2.33. The van der Waals surface area contributed by atoms with Gasteiger partial charge in [-0.2, -0.15) is 18.2 Å². The van der Waals surface area contributed by atoms with E-state index in [-0.39, 0.29) is 18.4 Å². The van der Waals surface area contributed by atoms with E-state index in [4.69, 9.17) is 25.8 Å². The van der Waals surface area contributed by atoms with Crippen molar-refractivity contribution in [3.63, 3.8) is 0 Å². The van der Waals surface area contributed by atoms with E-state index in [0.717, 1.165) is 0 Å². The number of anilines is 1. The van der Waals surface area contributed by atoms with Gasteiger partial charge in [-0.15, -0.1) is 0 Å². The van der Waals surface area contributed by atoms with Crippen molar-refractivity contribution in [1.82, 2.24) is 10.2 Å². The Morgan fingerprint density at radius 1 is 1.22 bits per heavy atom. The van der Waals surface area contributed by atoms with Gasteiger partial charge >= 0.3 is 12.2 Å². The fourth-order valence-corrected chi connectivity index (χ4v) is 4.90. The molecule has 0 radical (unpaired) electrons. The van der Waals surface area contributed by atoms with Crippen LogP contribution < -0.4 is 15.4 Å². The number of guanidine groups is 1. The highest BCUT2D eigenvalue weighted by molar-refractivity contribution is 6.32. The Morgan fingerprint density at radius 3 is 2.59 bits per heavy atom. The van der Waals surface area contributed by atoms with Crippen LogP contribution >= 0.6 is 11.6 Å². The molecule has 0 aromatic heterocycles. The Kier molecular flexibility index (Phi) is 14.4. The van der Waals surface area contributed by atoms with E-state index < -0.39 is 24.2 Å². The minimum atomic E-state index is -4.61. The summed E-state index contributed by atoms with van der Waals surface area (Å²) in [4.78, 5) is 38.0. The Hall–Kier alpha value is -4.63. The van der Waals surface area contributed by atoms with Crippen LogP contribution in [0.25, 0.3) is 0 Å². The standard InChI is InChI=1S/C33H40ClF3N6O6/c1-22(49-21-44)28(46-5)17-43-13-6-14-47-27-12-7-23(15-26(27)34)16-39-30(42-31(38-4)48-20-33(35,36)37)41-25-10-8-24(9-11-25)29(45)40-18-32(2,3)19-43/h7-12,15,21H,4,6,13-14,16-20H2,1-3,5H3,(H,39,41)(H,40,45)/b28-22-,42-31+. The van der Waals surface area contributed by atoms with Crippen molar-refractivity contribution < 1.29 is 41.7 Å². The number of ether oxygens (including phenoxy) is 4. The minimum Gasteiger partial charge on any atom is -0.496 e. The molecular formula is C33H40ClF3N6O6. The Morgan fingerprint density at radius 2 is 1.96 bits per heavy atom. The van der Waals surface area contributed by atoms with Gasteiger partial charge in [0.2, 0.25) is 5.96 Å². The molecule has 1 amide bonds. The summed E-state index contributed by atoms with van der Waals surface area (Å²) < 4.78 is 59.5. The van der Waals surface area contributed by atoms with Crippen LogP contribution in [0.3, 0.4) is 0 Å². The lowest BCUT2D eigenvalue weighted by molar-refractivity contribution is -0.156. The molecule has 0 fully saturated rings. The minimum absolute atomic E-state index is 0.0311. The van der Waals surface area contributed by atoms with Crippen molar-refractivity contribution in [1.29, 1.82) is 0 Å². The number of carbonyl (C=O) groups is 2. The van der Waals surface area contributed by atoms with Crippen molar-refractivity contribution in [2.24, 2.45) is 20.4 Å². The zero-order valence-electron chi connectivity index (χ0n) is 27.7. The first-order valence-electron chi connectivity index (χ1n) is 15.1. The van der Waals surface area contributed by atoms with Crippen LogP contribution in [0, 0.1) is 5.41 Å². The summed E-state index contributed by atoms with van der Waals surface area (Å²) in [6, 6.07) is 10.8. The first-order chi connectivity index (χ1) is 23.2. The fourth-order valence-electron chi connectivity index (χ4n) is 4.64. The van der Waals surface area contributed by atoms with Gasteiger partial charge in [-0.25, -0.2) is 9.98 Å². The number of benzene rings is 2. The molecule has 3 aliphatic heterocycles. The van der Waals surface area contributed by atoms with Crippen LogP contribution in [0.15, 0.2) is 69.0 Å². The monoisotopic (exact) mass is 708 g/mol. The number of allylic oxidation sites excluding steroid dienone is 1. The highest BCUT2D eigenvalue weighted by atomic mass is 35.5. The first kappa shape index (κ1) is 38.8. The van der Waals surface area contributed by atoms with Crippen LogP contribution in [-0.2, 0) is 25.5 Å². The predicted molar refractivity (Wildman–Crippen MR) is 181 cm³/mol. The van der Waals surface area contributed by atoms with Gasteiger partial charge in [-0.3, -0.25) is 14.5 Å². The van der Waals surface area contributed by atoms with Crippen LogP contribution in [0.4, 0.5) is 18.9 Å². The number of carbonyl (C=O) groups excluding carboxylic acids is 2. The highest BCUT2D eigenvalue weighted by Gasteiger charge is 2.29. The summed E-state index contributed by atoms with van der Waals surface area (Å²) in [6.07, 6.45) is -4.01. The molecule has 2 aromatic carbocycles.